The third-order valence-electron chi connectivity index (χ3n) is 4.52. The lowest BCUT2D eigenvalue weighted by Crippen LogP contribution is -2.27. The Kier molecular flexibility index (Phi) is 5.13. The van der Waals surface area contributed by atoms with Gasteiger partial charge in [0.25, 0.3) is 0 Å². The summed E-state index contributed by atoms with van der Waals surface area (Å²) in [5, 5.41) is 0. The topological polar surface area (TPSA) is 54.0 Å². The Morgan fingerprint density at radius 2 is 1.81 bits per heavy atom. The van der Waals surface area contributed by atoms with Crippen LogP contribution in [0.5, 0.6) is 23.0 Å². The van der Waals surface area contributed by atoms with Gasteiger partial charge in [-0.15, -0.1) is 0 Å². The molecule has 0 aliphatic carbocycles. The highest BCUT2D eigenvalue weighted by atomic mass is 16.5. The summed E-state index contributed by atoms with van der Waals surface area (Å²) >= 11 is 0. The smallest absolute Gasteiger partial charge is 0.171 e. The standard InChI is InChI=1S/C22H24O5/c1-22(2)11-10-17-20(27-22)9-7-16(21(17)26-5)18(23)13-14-12-15(24-3)6-8-19(14)25-4/h6-12H,13H2,1-5H3. The number of ketones is 1. The van der Waals surface area contributed by atoms with E-state index in [0.29, 0.717) is 28.6 Å². The Balaban J connectivity index is 1.97. The molecule has 27 heavy (non-hydrogen) atoms. The molecule has 142 valence electrons. The molecule has 0 fully saturated rings. The van der Waals surface area contributed by atoms with Crippen molar-refractivity contribution in [3.8, 4) is 23.0 Å². The number of methoxy groups -OCH3 is 3. The summed E-state index contributed by atoms with van der Waals surface area (Å²) in [6.07, 6.45) is 4.07. The van der Waals surface area contributed by atoms with Crippen molar-refractivity contribution in [2.45, 2.75) is 25.9 Å². The number of hydrogen-bond acceptors (Lipinski definition) is 5. The van der Waals surface area contributed by atoms with Crippen LogP contribution in [-0.2, 0) is 6.42 Å². The molecule has 2 aromatic rings. The normalized spacial score (nSPS) is 14.1. The van der Waals surface area contributed by atoms with Gasteiger partial charge in [-0.25, -0.2) is 0 Å². The van der Waals surface area contributed by atoms with Crippen molar-refractivity contribution in [3.05, 3.63) is 53.1 Å². The van der Waals surface area contributed by atoms with Crippen LogP contribution < -0.4 is 18.9 Å². The second kappa shape index (κ2) is 7.35. The fourth-order valence-corrected chi connectivity index (χ4v) is 3.16. The maximum Gasteiger partial charge on any atom is 0.171 e. The van der Waals surface area contributed by atoms with E-state index in [1.165, 1.54) is 0 Å². The lowest BCUT2D eigenvalue weighted by molar-refractivity contribution is 0.0989. The monoisotopic (exact) mass is 368 g/mol. The van der Waals surface area contributed by atoms with Crippen molar-refractivity contribution >= 4 is 11.9 Å². The molecule has 1 heterocycles. The van der Waals surface area contributed by atoms with Gasteiger partial charge in [0, 0.05) is 12.0 Å². The van der Waals surface area contributed by atoms with Gasteiger partial charge in [-0.1, -0.05) is 0 Å². The van der Waals surface area contributed by atoms with Crippen LogP contribution in [0.25, 0.3) is 6.08 Å². The molecule has 0 atom stereocenters. The van der Waals surface area contributed by atoms with E-state index in [2.05, 4.69) is 0 Å². The van der Waals surface area contributed by atoms with Crippen molar-refractivity contribution < 1.29 is 23.7 Å². The second-order valence-corrected chi connectivity index (χ2v) is 6.87. The minimum atomic E-state index is -0.391. The van der Waals surface area contributed by atoms with E-state index in [1.807, 2.05) is 38.1 Å². The molecule has 2 aromatic carbocycles. The molecule has 0 aromatic heterocycles. The molecular formula is C22H24O5. The average Bonchev–Trinajstić information content (AvgIpc) is 2.65. The zero-order valence-electron chi connectivity index (χ0n) is 16.3. The minimum Gasteiger partial charge on any atom is -0.497 e. The van der Waals surface area contributed by atoms with Crippen LogP contribution in [0.4, 0.5) is 0 Å². The second-order valence-electron chi connectivity index (χ2n) is 6.87. The molecule has 0 N–H and O–H groups in total. The summed E-state index contributed by atoms with van der Waals surface area (Å²) in [5.41, 5.74) is 1.65. The molecule has 0 saturated carbocycles. The van der Waals surface area contributed by atoms with E-state index in [9.17, 15) is 4.79 Å². The largest absolute Gasteiger partial charge is 0.497 e. The van der Waals surface area contributed by atoms with Crippen LogP contribution >= 0.6 is 0 Å². The number of ether oxygens (including phenoxy) is 4. The molecule has 1 aliphatic rings. The summed E-state index contributed by atoms with van der Waals surface area (Å²) in [5.74, 6) is 2.47. The molecule has 0 saturated heterocycles. The van der Waals surface area contributed by atoms with Crippen molar-refractivity contribution in [2.24, 2.45) is 0 Å². The molecule has 0 radical (unpaired) electrons. The number of fused-ring (bicyclic) bond motifs is 1. The first-order valence-corrected chi connectivity index (χ1v) is 8.72. The molecule has 0 amide bonds. The first-order chi connectivity index (χ1) is 12.9. The lowest BCUT2D eigenvalue weighted by atomic mass is 9.95. The highest BCUT2D eigenvalue weighted by Crippen LogP contribution is 2.39. The molecule has 3 rings (SSSR count). The lowest BCUT2D eigenvalue weighted by Gasteiger charge is -2.29. The van der Waals surface area contributed by atoms with Crippen LogP contribution in [0.15, 0.2) is 36.4 Å². The summed E-state index contributed by atoms with van der Waals surface area (Å²) < 4.78 is 22.2. The van der Waals surface area contributed by atoms with Crippen LogP contribution in [0.2, 0.25) is 0 Å². The molecule has 0 spiro atoms. The van der Waals surface area contributed by atoms with E-state index in [4.69, 9.17) is 18.9 Å². The maximum atomic E-state index is 13.0. The van der Waals surface area contributed by atoms with Gasteiger partial charge in [0.2, 0.25) is 0 Å². The number of rotatable bonds is 6. The van der Waals surface area contributed by atoms with Gasteiger partial charge in [0.1, 0.15) is 28.6 Å². The SMILES string of the molecule is COc1ccc(OC)c(CC(=O)c2ccc3c(c2OC)C=CC(C)(C)O3)c1. The fourth-order valence-electron chi connectivity index (χ4n) is 3.16. The Bertz CT molecular complexity index is 896. The molecule has 0 bridgehead atoms. The summed E-state index contributed by atoms with van der Waals surface area (Å²) in [6, 6.07) is 8.98. The predicted molar refractivity (Wildman–Crippen MR) is 104 cm³/mol. The van der Waals surface area contributed by atoms with Crippen LogP contribution in [0.1, 0.15) is 35.3 Å². The van der Waals surface area contributed by atoms with Gasteiger partial charge in [-0.05, 0) is 56.3 Å². The van der Waals surface area contributed by atoms with Crippen LogP contribution in [0.3, 0.4) is 0 Å². The number of benzene rings is 2. The maximum absolute atomic E-state index is 13.0. The Labute approximate surface area is 159 Å². The molecule has 5 nitrogen and oxygen atoms in total. The number of carbonyl (C=O) groups excluding carboxylic acids is 1. The Morgan fingerprint density at radius 1 is 1.04 bits per heavy atom. The zero-order valence-corrected chi connectivity index (χ0v) is 16.3. The van der Waals surface area contributed by atoms with Crippen molar-refractivity contribution in [1.82, 2.24) is 0 Å². The number of carbonyl (C=O) groups is 1. The van der Waals surface area contributed by atoms with E-state index in [0.717, 1.165) is 11.1 Å². The van der Waals surface area contributed by atoms with Gasteiger partial charge in [-0.2, -0.15) is 0 Å². The summed E-state index contributed by atoms with van der Waals surface area (Å²) in [6.45, 7) is 3.96. The van der Waals surface area contributed by atoms with Crippen molar-refractivity contribution in [1.29, 1.82) is 0 Å². The van der Waals surface area contributed by atoms with Crippen molar-refractivity contribution in [2.75, 3.05) is 21.3 Å². The van der Waals surface area contributed by atoms with Gasteiger partial charge in [-0.3, -0.25) is 4.79 Å². The van der Waals surface area contributed by atoms with E-state index in [1.54, 1.807) is 39.5 Å². The quantitative estimate of drug-likeness (QED) is 0.711. The minimum absolute atomic E-state index is 0.0700. The first kappa shape index (κ1) is 18.8. The zero-order chi connectivity index (χ0) is 19.6. The summed E-state index contributed by atoms with van der Waals surface area (Å²) in [7, 11) is 4.74. The van der Waals surface area contributed by atoms with Gasteiger partial charge in [0.05, 0.1) is 32.5 Å². The highest BCUT2D eigenvalue weighted by Gasteiger charge is 2.26. The van der Waals surface area contributed by atoms with Crippen LogP contribution in [-0.4, -0.2) is 32.7 Å². The van der Waals surface area contributed by atoms with Crippen LogP contribution in [0, 0.1) is 0 Å². The Morgan fingerprint density at radius 3 is 2.48 bits per heavy atom. The predicted octanol–water partition coefficient (Wildman–Crippen LogP) is 4.32. The average molecular weight is 368 g/mol. The molecule has 5 heteroatoms. The highest BCUT2D eigenvalue weighted by molar-refractivity contribution is 6.01. The summed E-state index contributed by atoms with van der Waals surface area (Å²) in [4.78, 5) is 13.0. The molecule has 0 unspecified atom stereocenters. The van der Waals surface area contributed by atoms with E-state index in [-0.39, 0.29) is 12.2 Å². The van der Waals surface area contributed by atoms with Crippen molar-refractivity contribution in [3.63, 3.8) is 0 Å². The molecule has 1 aliphatic heterocycles. The fraction of sp³-hybridized carbons (Fsp3) is 0.318. The molecular weight excluding hydrogens is 344 g/mol. The number of Topliss-reactive ketones (excluding diaryl/α,β-unsaturated/α-hetero) is 1. The first-order valence-electron chi connectivity index (χ1n) is 8.72. The third kappa shape index (κ3) is 3.77. The Hall–Kier alpha value is -2.95. The number of hydrogen-bond donors (Lipinski definition) is 0. The van der Waals surface area contributed by atoms with Gasteiger partial charge < -0.3 is 18.9 Å². The van der Waals surface area contributed by atoms with E-state index >= 15 is 0 Å². The van der Waals surface area contributed by atoms with Gasteiger partial charge in [0.15, 0.2) is 5.78 Å². The van der Waals surface area contributed by atoms with E-state index < -0.39 is 5.60 Å². The van der Waals surface area contributed by atoms with Gasteiger partial charge >= 0.3 is 0 Å². The third-order valence-corrected chi connectivity index (χ3v) is 4.52.